The van der Waals surface area contributed by atoms with Crippen LogP contribution in [0, 0.1) is 10.8 Å². The average Bonchev–Trinajstić information content (AvgIpc) is 1.98. The largest absolute Gasteiger partial charge is 0.159 e. The van der Waals surface area contributed by atoms with Crippen LogP contribution in [-0.2, 0) is 0 Å². The van der Waals surface area contributed by atoms with Crippen molar-refractivity contribution in [1.82, 2.24) is 0 Å². The monoisotopic (exact) mass is 254 g/mol. The summed E-state index contributed by atoms with van der Waals surface area (Å²) in [5, 5.41) is 0. The summed E-state index contributed by atoms with van der Waals surface area (Å²) in [6.07, 6.45) is 0. The third kappa shape index (κ3) is 1.74. The van der Waals surface area contributed by atoms with Gasteiger partial charge in [0.1, 0.15) is 0 Å². The molecular weight excluding hydrogens is 243 g/mol. The molecule has 0 atom stereocenters. The molecule has 0 nitrogen and oxygen atoms in total. The second-order valence-electron chi connectivity index (χ2n) is 4.24. The van der Waals surface area contributed by atoms with E-state index in [2.05, 4.69) is 27.7 Å². The first-order chi connectivity index (χ1) is 5.70. The van der Waals surface area contributed by atoms with Crippen LogP contribution in [0.3, 0.4) is 0 Å². The summed E-state index contributed by atoms with van der Waals surface area (Å²) in [5.41, 5.74) is -0.0307. The van der Waals surface area contributed by atoms with Crippen molar-refractivity contribution in [2.24, 2.45) is 10.8 Å². The molecule has 0 unspecified atom stereocenters. The molecule has 0 heterocycles. The number of thiocarbonyl (C=S) groups is 1. The number of halogens is 2. The van der Waals surface area contributed by atoms with E-state index < -0.39 is 0 Å². The lowest BCUT2D eigenvalue weighted by Gasteiger charge is -2.52. The zero-order chi connectivity index (χ0) is 10.4. The van der Waals surface area contributed by atoms with Crippen LogP contribution in [0.25, 0.3) is 0 Å². The van der Waals surface area contributed by atoms with Crippen molar-refractivity contribution in [3.05, 3.63) is 0 Å². The van der Waals surface area contributed by atoms with Gasteiger partial charge in [-0.05, 0) is 0 Å². The highest BCUT2D eigenvalue weighted by Crippen LogP contribution is 2.49. The number of hydrogen-bond donors (Lipinski definition) is 0. The van der Waals surface area contributed by atoms with Crippen molar-refractivity contribution < 1.29 is 0 Å². The van der Waals surface area contributed by atoms with Crippen molar-refractivity contribution in [2.45, 2.75) is 27.7 Å². The van der Waals surface area contributed by atoms with Gasteiger partial charge in [-0.15, -0.1) is 10.9 Å². The van der Waals surface area contributed by atoms with Gasteiger partial charge >= 0.3 is 0 Å². The summed E-state index contributed by atoms with van der Waals surface area (Å²) in [7, 11) is 1.44. The highest BCUT2D eigenvalue weighted by molar-refractivity contribution is 8.03. The molecule has 0 aromatic rings. The Morgan fingerprint density at radius 2 is 1.54 bits per heavy atom. The van der Waals surface area contributed by atoms with Crippen LogP contribution in [-0.4, -0.2) is 13.5 Å². The van der Waals surface area contributed by atoms with Crippen LogP contribution in [0.15, 0.2) is 0 Å². The van der Waals surface area contributed by atoms with E-state index in [9.17, 15) is 0 Å². The first-order valence-corrected chi connectivity index (χ1v) is 5.97. The fraction of sp³-hybridized carbons (Fsp3) is 0.667. The van der Waals surface area contributed by atoms with Crippen molar-refractivity contribution >= 4 is 59.9 Å². The van der Waals surface area contributed by atoms with Crippen LogP contribution in [0.2, 0.25) is 0 Å². The highest BCUT2D eigenvalue weighted by Gasteiger charge is 2.53. The van der Waals surface area contributed by atoms with Crippen molar-refractivity contribution in [3.8, 4) is 0 Å². The molecule has 0 aromatic heterocycles. The Balaban J connectivity index is 3.29. The molecule has 1 saturated carbocycles. The Morgan fingerprint density at radius 3 is 1.85 bits per heavy atom. The summed E-state index contributed by atoms with van der Waals surface area (Å²) in [5.74, 6) is 0. The van der Waals surface area contributed by atoms with Gasteiger partial charge in [-0.1, -0.05) is 63.1 Å². The van der Waals surface area contributed by atoms with E-state index in [-0.39, 0.29) is 10.8 Å². The fourth-order valence-electron chi connectivity index (χ4n) is 2.04. The highest BCUT2D eigenvalue weighted by atomic mass is 35.5. The SMILES string of the molecule is CC1(C)C(=S)C(C)(C)C1=S=C(Cl)Cl. The van der Waals surface area contributed by atoms with Crippen molar-refractivity contribution in [1.29, 1.82) is 0 Å². The summed E-state index contributed by atoms with van der Waals surface area (Å²) in [4.78, 5) is 2.34. The molecule has 0 aromatic carbocycles. The molecule has 13 heavy (non-hydrogen) atoms. The molecule has 74 valence electrons. The summed E-state index contributed by atoms with van der Waals surface area (Å²) < 4.78 is 0.346. The fourth-order valence-corrected chi connectivity index (χ4v) is 3.70. The van der Waals surface area contributed by atoms with Crippen LogP contribution < -0.4 is 0 Å². The van der Waals surface area contributed by atoms with E-state index in [1.54, 1.807) is 0 Å². The Hall–Kier alpha value is 0.630. The topological polar surface area (TPSA) is 0 Å². The first kappa shape index (κ1) is 11.7. The standard InChI is InChI=1S/C9H12Cl2S2/c1-8(2)5(12)9(3,4)6(8)13-7(10)11/h1-4H3. The third-order valence-corrected chi connectivity index (χ3v) is 5.31. The molecule has 0 bridgehead atoms. The lowest BCUT2D eigenvalue weighted by molar-refractivity contribution is 0.521. The van der Waals surface area contributed by atoms with Crippen molar-refractivity contribution in [3.63, 3.8) is 0 Å². The smallest absolute Gasteiger partial charge is 0.119 e. The normalized spacial score (nSPS) is 23.8. The molecule has 0 saturated heterocycles. The molecule has 0 N–H and O–H groups in total. The van der Waals surface area contributed by atoms with Crippen LogP contribution in [0.4, 0.5) is 0 Å². The molecule has 1 fully saturated rings. The maximum atomic E-state index is 5.67. The molecule has 0 amide bonds. The lowest BCUT2D eigenvalue weighted by Crippen LogP contribution is -2.59. The Kier molecular flexibility index (Phi) is 3.00. The minimum absolute atomic E-state index is 0.0153. The Bertz CT molecular complexity index is 310. The van der Waals surface area contributed by atoms with Gasteiger partial charge in [-0.3, -0.25) is 0 Å². The Morgan fingerprint density at radius 1 is 1.15 bits per heavy atom. The maximum Gasteiger partial charge on any atom is 0.159 e. The van der Waals surface area contributed by atoms with E-state index in [4.69, 9.17) is 35.4 Å². The summed E-state index contributed by atoms with van der Waals surface area (Å²) >= 11 is 16.7. The van der Waals surface area contributed by atoms with Crippen LogP contribution in [0.1, 0.15) is 27.7 Å². The number of rotatable bonds is 0. The van der Waals surface area contributed by atoms with Gasteiger partial charge < -0.3 is 0 Å². The van der Waals surface area contributed by atoms with E-state index in [0.29, 0.717) is 3.78 Å². The van der Waals surface area contributed by atoms with Crippen LogP contribution >= 0.6 is 46.4 Å². The lowest BCUT2D eigenvalue weighted by atomic mass is 9.56. The van der Waals surface area contributed by atoms with E-state index in [0.717, 1.165) is 4.86 Å². The zero-order valence-electron chi connectivity index (χ0n) is 8.07. The van der Waals surface area contributed by atoms with E-state index >= 15 is 0 Å². The predicted octanol–water partition coefficient (Wildman–Crippen LogP) is 3.89. The molecule has 0 spiro atoms. The predicted molar refractivity (Wildman–Crippen MR) is 69.5 cm³/mol. The second kappa shape index (κ2) is 3.34. The van der Waals surface area contributed by atoms with Gasteiger partial charge in [-0.2, -0.15) is 0 Å². The molecule has 1 aliphatic rings. The van der Waals surface area contributed by atoms with Gasteiger partial charge in [0, 0.05) is 20.6 Å². The zero-order valence-corrected chi connectivity index (χ0v) is 11.2. The maximum absolute atomic E-state index is 5.67. The van der Waals surface area contributed by atoms with Gasteiger partial charge in [0.2, 0.25) is 0 Å². The third-order valence-electron chi connectivity index (χ3n) is 2.45. The Labute approximate surface area is 98.1 Å². The summed E-state index contributed by atoms with van der Waals surface area (Å²) in [6, 6.07) is 0. The molecule has 1 rings (SSSR count). The second-order valence-corrected chi connectivity index (χ2v) is 7.06. The first-order valence-electron chi connectivity index (χ1n) is 3.99. The molecule has 4 heteroatoms. The van der Waals surface area contributed by atoms with E-state index in [1.165, 1.54) is 15.8 Å². The van der Waals surface area contributed by atoms with Gasteiger partial charge in [0.25, 0.3) is 0 Å². The van der Waals surface area contributed by atoms with Crippen LogP contribution in [0.5, 0.6) is 0 Å². The van der Waals surface area contributed by atoms with Gasteiger partial charge in [0.15, 0.2) is 3.78 Å². The molecular formula is C9H12Cl2S2. The van der Waals surface area contributed by atoms with Crippen molar-refractivity contribution in [2.75, 3.05) is 0 Å². The quantitative estimate of drug-likeness (QED) is 0.467. The minimum atomic E-state index is -0.0153. The minimum Gasteiger partial charge on any atom is -0.119 e. The summed E-state index contributed by atoms with van der Waals surface area (Å²) in [6.45, 7) is 8.44. The van der Waals surface area contributed by atoms with Gasteiger partial charge in [0.05, 0.1) is 0 Å². The molecule has 0 radical (unpaired) electrons. The molecule has 1 aliphatic carbocycles. The molecule has 0 aliphatic heterocycles. The van der Waals surface area contributed by atoms with E-state index in [1.807, 2.05) is 0 Å². The average molecular weight is 255 g/mol. The number of hydrogen-bond acceptors (Lipinski definition) is 1. The van der Waals surface area contributed by atoms with Gasteiger partial charge in [-0.25, -0.2) is 0 Å².